The second-order valence-electron chi connectivity index (χ2n) is 6.02. The standard InChI is InChI=1S/C20H23F2N3O3/c1-2-23-20(24-13-14-6-3-4-7-16(14)28-19(21)22)25-15-8-9-17-18(12-15)27-11-5-10-26-17/h3-4,6-9,12,19H,2,5,10-11,13H2,1H3,(H2,23,24,25). The molecular weight excluding hydrogens is 368 g/mol. The van der Waals surface area contributed by atoms with Gasteiger partial charge in [-0.3, -0.25) is 0 Å². The first kappa shape index (κ1) is 19.7. The van der Waals surface area contributed by atoms with E-state index in [9.17, 15) is 8.78 Å². The number of nitrogens with one attached hydrogen (secondary N) is 2. The zero-order valence-electron chi connectivity index (χ0n) is 15.6. The van der Waals surface area contributed by atoms with Gasteiger partial charge in [0.25, 0.3) is 0 Å². The van der Waals surface area contributed by atoms with Crippen LogP contribution in [0.2, 0.25) is 0 Å². The first-order chi connectivity index (χ1) is 13.7. The molecule has 0 radical (unpaired) electrons. The minimum Gasteiger partial charge on any atom is -0.490 e. The molecule has 0 amide bonds. The van der Waals surface area contributed by atoms with E-state index in [0.717, 1.165) is 12.1 Å². The number of nitrogens with zero attached hydrogens (tertiary/aromatic N) is 1. The van der Waals surface area contributed by atoms with E-state index in [1.165, 1.54) is 6.07 Å². The molecular formula is C20H23F2N3O3. The summed E-state index contributed by atoms with van der Waals surface area (Å²) < 4.78 is 41.0. The van der Waals surface area contributed by atoms with E-state index >= 15 is 0 Å². The number of halogens is 2. The van der Waals surface area contributed by atoms with Crippen molar-refractivity contribution in [3.63, 3.8) is 0 Å². The first-order valence-corrected chi connectivity index (χ1v) is 9.13. The molecule has 8 heteroatoms. The molecule has 3 rings (SSSR count). The summed E-state index contributed by atoms with van der Waals surface area (Å²) >= 11 is 0. The van der Waals surface area contributed by atoms with Gasteiger partial charge < -0.3 is 24.8 Å². The molecule has 0 spiro atoms. The minimum absolute atomic E-state index is 0.118. The van der Waals surface area contributed by atoms with Crippen molar-refractivity contribution >= 4 is 11.6 Å². The Morgan fingerprint density at radius 2 is 1.93 bits per heavy atom. The van der Waals surface area contributed by atoms with Crippen molar-refractivity contribution in [3.8, 4) is 17.2 Å². The average Bonchev–Trinajstić information content (AvgIpc) is 2.92. The van der Waals surface area contributed by atoms with Crippen molar-refractivity contribution in [2.45, 2.75) is 26.5 Å². The van der Waals surface area contributed by atoms with Crippen LogP contribution in [0, 0.1) is 0 Å². The van der Waals surface area contributed by atoms with Gasteiger partial charge in [-0.1, -0.05) is 18.2 Å². The summed E-state index contributed by atoms with van der Waals surface area (Å²) in [7, 11) is 0. The Labute approximate surface area is 162 Å². The van der Waals surface area contributed by atoms with Crippen molar-refractivity contribution in [1.82, 2.24) is 5.32 Å². The fraction of sp³-hybridized carbons (Fsp3) is 0.350. The molecule has 1 aliphatic rings. The summed E-state index contributed by atoms with van der Waals surface area (Å²) in [6, 6.07) is 12.2. The van der Waals surface area contributed by atoms with Crippen molar-refractivity contribution < 1.29 is 23.0 Å². The summed E-state index contributed by atoms with van der Waals surface area (Å²) in [5, 5.41) is 6.33. The predicted octanol–water partition coefficient (Wildman–Crippen LogP) is 4.03. The second kappa shape index (κ2) is 9.77. The van der Waals surface area contributed by atoms with Crippen molar-refractivity contribution in [2.24, 2.45) is 4.99 Å². The molecule has 2 aromatic carbocycles. The number of guanidine groups is 1. The van der Waals surface area contributed by atoms with Crippen LogP contribution in [0.5, 0.6) is 17.2 Å². The molecule has 0 aliphatic carbocycles. The molecule has 0 aromatic heterocycles. The number of anilines is 1. The number of fused-ring (bicyclic) bond motifs is 1. The number of alkyl halides is 2. The van der Waals surface area contributed by atoms with Crippen molar-refractivity contribution in [1.29, 1.82) is 0 Å². The van der Waals surface area contributed by atoms with Gasteiger partial charge >= 0.3 is 6.61 Å². The van der Waals surface area contributed by atoms with E-state index in [2.05, 4.69) is 20.4 Å². The quantitative estimate of drug-likeness (QED) is 0.575. The van der Waals surface area contributed by atoms with Gasteiger partial charge in [0.05, 0.1) is 19.8 Å². The second-order valence-corrected chi connectivity index (χ2v) is 6.02. The third-order valence-corrected chi connectivity index (χ3v) is 3.95. The Morgan fingerprint density at radius 1 is 1.14 bits per heavy atom. The molecule has 2 aromatic rings. The third-order valence-electron chi connectivity index (χ3n) is 3.95. The molecule has 0 bridgehead atoms. The van der Waals surface area contributed by atoms with E-state index in [0.29, 0.717) is 42.8 Å². The van der Waals surface area contributed by atoms with Gasteiger partial charge in [0.15, 0.2) is 17.5 Å². The van der Waals surface area contributed by atoms with Crippen LogP contribution >= 0.6 is 0 Å². The zero-order valence-corrected chi connectivity index (χ0v) is 15.6. The average molecular weight is 391 g/mol. The minimum atomic E-state index is -2.88. The molecule has 0 fully saturated rings. The summed E-state index contributed by atoms with van der Waals surface area (Å²) in [5.41, 5.74) is 1.35. The highest BCUT2D eigenvalue weighted by molar-refractivity contribution is 5.93. The van der Waals surface area contributed by atoms with Crippen LogP contribution in [0.25, 0.3) is 0 Å². The molecule has 0 unspecified atom stereocenters. The lowest BCUT2D eigenvalue weighted by molar-refractivity contribution is -0.0504. The van der Waals surface area contributed by atoms with E-state index in [1.807, 2.05) is 25.1 Å². The molecule has 0 saturated carbocycles. The normalized spacial score (nSPS) is 13.8. The Kier molecular flexibility index (Phi) is 6.89. The highest BCUT2D eigenvalue weighted by Crippen LogP contribution is 2.32. The maximum Gasteiger partial charge on any atom is 0.387 e. The Morgan fingerprint density at radius 3 is 2.71 bits per heavy atom. The molecule has 28 heavy (non-hydrogen) atoms. The van der Waals surface area contributed by atoms with Gasteiger partial charge in [-0.05, 0) is 25.1 Å². The summed E-state index contributed by atoms with van der Waals surface area (Å²) in [4.78, 5) is 4.47. The zero-order chi connectivity index (χ0) is 19.8. The molecule has 1 heterocycles. The SMILES string of the molecule is CCNC(=NCc1ccccc1OC(F)F)Nc1ccc2c(c1)OCCCO2. The van der Waals surface area contributed by atoms with E-state index in [1.54, 1.807) is 18.2 Å². The predicted molar refractivity (Wildman–Crippen MR) is 104 cm³/mol. The highest BCUT2D eigenvalue weighted by Gasteiger charge is 2.12. The molecule has 150 valence electrons. The Hall–Kier alpha value is -3.03. The maximum atomic E-state index is 12.6. The fourth-order valence-corrected chi connectivity index (χ4v) is 2.69. The van der Waals surface area contributed by atoms with E-state index in [-0.39, 0.29) is 12.3 Å². The van der Waals surface area contributed by atoms with Crippen LogP contribution in [0.15, 0.2) is 47.5 Å². The Bertz CT molecular complexity index is 815. The van der Waals surface area contributed by atoms with Gasteiger partial charge in [0, 0.05) is 30.3 Å². The first-order valence-electron chi connectivity index (χ1n) is 9.13. The summed E-state index contributed by atoms with van der Waals surface area (Å²) in [6.07, 6.45) is 0.835. The van der Waals surface area contributed by atoms with Gasteiger partial charge in [-0.2, -0.15) is 8.78 Å². The van der Waals surface area contributed by atoms with Crippen molar-refractivity contribution in [2.75, 3.05) is 25.1 Å². The fourth-order valence-electron chi connectivity index (χ4n) is 2.69. The number of para-hydroxylation sites is 1. The van der Waals surface area contributed by atoms with Crippen molar-refractivity contribution in [3.05, 3.63) is 48.0 Å². The van der Waals surface area contributed by atoms with Gasteiger partial charge in [-0.25, -0.2) is 4.99 Å². The number of rotatable bonds is 6. The van der Waals surface area contributed by atoms with Gasteiger partial charge in [0.1, 0.15) is 5.75 Å². The molecule has 2 N–H and O–H groups in total. The van der Waals surface area contributed by atoms with Crippen LogP contribution in [-0.4, -0.2) is 32.3 Å². The van der Waals surface area contributed by atoms with Crippen LogP contribution in [0.1, 0.15) is 18.9 Å². The molecule has 6 nitrogen and oxygen atoms in total. The number of hydrogen-bond donors (Lipinski definition) is 2. The topological polar surface area (TPSA) is 64.1 Å². The summed E-state index contributed by atoms with van der Waals surface area (Å²) in [5.74, 6) is 2.02. The van der Waals surface area contributed by atoms with Crippen LogP contribution in [-0.2, 0) is 6.54 Å². The van der Waals surface area contributed by atoms with Gasteiger partial charge in [0.2, 0.25) is 0 Å². The molecule has 0 saturated heterocycles. The smallest absolute Gasteiger partial charge is 0.387 e. The van der Waals surface area contributed by atoms with Crippen LogP contribution < -0.4 is 24.8 Å². The number of ether oxygens (including phenoxy) is 3. The highest BCUT2D eigenvalue weighted by atomic mass is 19.3. The number of hydrogen-bond acceptors (Lipinski definition) is 4. The van der Waals surface area contributed by atoms with E-state index in [4.69, 9.17) is 9.47 Å². The van der Waals surface area contributed by atoms with Crippen LogP contribution in [0.4, 0.5) is 14.5 Å². The summed E-state index contributed by atoms with van der Waals surface area (Å²) in [6.45, 7) is 1.13. The lowest BCUT2D eigenvalue weighted by Gasteiger charge is -2.14. The lowest BCUT2D eigenvalue weighted by atomic mass is 10.2. The third kappa shape index (κ3) is 5.48. The van der Waals surface area contributed by atoms with Gasteiger partial charge in [-0.15, -0.1) is 0 Å². The molecule has 0 atom stereocenters. The number of benzene rings is 2. The van der Waals surface area contributed by atoms with E-state index < -0.39 is 6.61 Å². The Balaban J connectivity index is 1.74. The maximum absolute atomic E-state index is 12.6. The molecule has 1 aliphatic heterocycles. The monoisotopic (exact) mass is 391 g/mol. The largest absolute Gasteiger partial charge is 0.490 e. The van der Waals surface area contributed by atoms with Crippen LogP contribution in [0.3, 0.4) is 0 Å². The lowest BCUT2D eigenvalue weighted by Crippen LogP contribution is -2.30. The number of aliphatic imine (C=N–C) groups is 1.